The summed E-state index contributed by atoms with van der Waals surface area (Å²) in [6.07, 6.45) is 9.65. The minimum Gasteiger partial charge on any atom is -0.550 e. The van der Waals surface area contributed by atoms with Crippen molar-refractivity contribution in [2.75, 3.05) is 0 Å². The van der Waals surface area contributed by atoms with Gasteiger partial charge in [-0.2, -0.15) is 0 Å². The van der Waals surface area contributed by atoms with E-state index in [4.69, 9.17) is 0 Å². The summed E-state index contributed by atoms with van der Waals surface area (Å²) in [4.78, 5) is 11.6. The summed E-state index contributed by atoms with van der Waals surface area (Å²) >= 11 is 0. The molecule has 3 nitrogen and oxygen atoms in total. The van der Waals surface area contributed by atoms with E-state index in [9.17, 15) is 15.0 Å². The van der Waals surface area contributed by atoms with Crippen molar-refractivity contribution in [1.29, 1.82) is 0 Å². The van der Waals surface area contributed by atoms with Crippen LogP contribution in [0.5, 0.6) is 0 Å². The molecule has 0 unspecified atom stereocenters. The zero-order valence-electron chi connectivity index (χ0n) is 14.6. The van der Waals surface area contributed by atoms with E-state index in [1.807, 2.05) is 0 Å². The third-order valence-corrected chi connectivity index (χ3v) is 8.92. The third kappa shape index (κ3) is 2.14. The van der Waals surface area contributed by atoms with Crippen LogP contribution in [-0.4, -0.2) is 17.2 Å². The lowest BCUT2D eigenvalue weighted by Gasteiger charge is -2.61. The van der Waals surface area contributed by atoms with E-state index in [1.165, 1.54) is 19.3 Å². The second-order valence-corrected chi connectivity index (χ2v) is 9.58. The molecule has 4 aliphatic rings. The molecule has 23 heavy (non-hydrogen) atoms. The van der Waals surface area contributed by atoms with Gasteiger partial charge in [-0.05, 0) is 92.3 Å². The lowest BCUT2D eigenvalue weighted by Crippen LogP contribution is -2.55. The van der Waals surface area contributed by atoms with Crippen LogP contribution in [0.4, 0.5) is 0 Å². The Bertz CT molecular complexity index is 503. The normalized spacial score (nSPS) is 55.6. The van der Waals surface area contributed by atoms with Gasteiger partial charge in [0.1, 0.15) is 0 Å². The van der Waals surface area contributed by atoms with Crippen LogP contribution in [0.1, 0.15) is 71.6 Å². The van der Waals surface area contributed by atoms with Crippen LogP contribution < -0.4 is 5.11 Å². The maximum atomic E-state index is 11.6. The number of rotatable bonds is 1. The zero-order chi connectivity index (χ0) is 16.4. The molecule has 3 heteroatoms. The fourth-order valence-corrected chi connectivity index (χ4v) is 7.62. The number of carbonyl (C=O) groups is 1. The molecule has 130 valence electrons. The van der Waals surface area contributed by atoms with Crippen LogP contribution in [0.25, 0.3) is 0 Å². The molecule has 0 amide bonds. The Morgan fingerprint density at radius 2 is 1.65 bits per heavy atom. The predicted octanol–water partition coefficient (Wildman–Crippen LogP) is 2.76. The fraction of sp³-hybridized carbons (Fsp3) is 0.950. The Morgan fingerprint density at radius 3 is 2.39 bits per heavy atom. The summed E-state index contributed by atoms with van der Waals surface area (Å²) in [5, 5.41) is 21.7. The SMILES string of the molecule is C[C@]12CC[C@@H](O)C[C@H]1CC[C@H]1[C@H]3CC[C@H](C(=O)[O-])[C@@]3(C)CC[C@@H]12. The van der Waals surface area contributed by atoms with Crippen molar-refractivity contribution in [3.63, 3.8) is 0 Å². The van der Waals surface area contributed by atoms with Gasteiger partial charge in [0, 0.05) is 11.9 Å². The molecule has 4 aliphatic carbocycles. The summed E-state index contributed by atoms with van der Waals surface area (Å²) in [5.41, 5.74) is 0.348. The number of carbonyl (C=O) groups excluding carboxylic acids is 1. The smallest absolute Gasteiger partial charge is 0.0543 e. The molecule has 0 radical (unpaired) electrons. The molecule has 0 aromatic heterocycles. The molecule has 8 atom stereocenters. The largest absolute Gasteiger partial charge is 0.550 e. The van der Waals surface area contributed by atoms with Crippen LogP contribution in [-0.2, 0) is 4.79 Å². The van der Waals surface area contributed by atoms with Crippen molar-refractivity contribution in [3.8, 4) is 0 Å². The van der Waals surface area contributed by atoms with Gasteiger partial charge in [-0.3, -0.25) is 0 Å². The van der Waals surface area contributed by atoms with Crippen LogP contribution >= 0.6 is 0 Å². The lowest BCUT2D eigenvalue weighted by atomic mass is 9.44. The number of aliphatic carboxylic acids is 1. The number of carboxylic acids is 1. The highest BCUT2D eigenvalue weighted by Crippen LogP contribution is 2.67. The first-order chi connectivity index (χ1) is 10.9. The van der Waals surface area contributed by atoms with Crippen LogP contribution in [0.15, 0.2) is 0 Å². The number of hydrogen-bond donors (Lipinski definition) is 1. The maximum Gasteiger partial charge on any atom is 0.0543 e. The van der Waals surface area contributed by atoms with Crippen molar-refractivity contribution in [1.82, 2.24) is 0 Å². The minimum atomic E-state index is -0.811. The maximum absolute atomic E-state index is 11.6. The first-order valence-electron chi connectivity index (χ1n) is 9.75. The molecule has 0 bridgehead atoms. The number of aliphatic hydroxyl groups excluding tert-OH is 1. The fourth-order valence-electron chi connectivity index (χ4n) is 7.62. The van der Waals surface area contributed by atoms with Crippen molar-refractivity contribution in [2.45, 2.75) is 77.7 Å². The summed E-state index contributed by atoms with van der Waals surface area (Å²) < 4.78 is 0. The number of aliphatic hydroxyl groups is 1. The highest BCUT2D eigenvalue weighted by molar-refractivity contribution is 5.69. The lowest BCUT2D eigenvalue weighted by molar-refractivity contribution is -0.315. The number of fused-ring (bicyclic) bond motifs is 5. The second-order valence-electron chi connectivity index (χ2n) is 9.58. The summed E-state index contributed by atoms with van der Waals surface area (Å²) in [5.74, 6) is 1.66. The molecule has 0 spiro atoms. The molecule has 0 saturated heterocycles. The Hall–Kier alpha value is -0.570. The summed E-state index contributed by atoms with van der Waals surface area (Å²) in [6.45, 7) is 4.72. The third-order valence-electron chi connectivity index (χ3n) is 8.92. The second kappa shape index (κ2) is 5.21. The van der Waals surface area contributed by atoms with E-state index in [1.54, 1.807) is 0 Å². The van der Waals surface area contributed by atoms with Gasteiger partial charge in [-0.1, -0.05) is 13.8 Å². The standard InChI is InChI=1S/C20H32O3/c1-19-9-7-13(21)11-12(19)3-4-14-15-5-6-17(18(22)23)20(15,2)10-8-16(14)19/h12-17,21H,3-11H2,1-2H3,(H,22,23)/p-1/t12-,13-,14+,15-,16+,17-,19+,20+/m1/s1. The monoisotopic (exact) mass is 319 g/mol. The van der Waals surface area contributed by atoms with Crippen LogP contribution in [0.2, 0.25) is 0 Å². The van der Waals surface area contributed by atoms with Crippen LogP contribution in [0.3, 0.4) is 0 Å². The molecule has 4 rings (SSSR count). The van der Waals surface area contributed by atoms with E-state index >= 15 is 0 Å². The van der Waals surface area contributed by atoms with Gasteiger partial charge >= 0.3 is 0 Å². The topological polar surface area (TPSA) is 60.4 Å². The van der Waals surface area contributed by atoms with Crippen molar-refractivity contribution in [2.24, 2.45) is 40.4 Å². The van der Waals surface area contributed by atoms with Gasteiger partial charge in [-0.25, -0.2) is 0 Å². The Morgan fingerprint density at radius 1 is 0.957 bits per heavy atom. The van der Waals surface area contributed by atoms with Gasteiger partial charge in [0.15, 0.2) is 0 Å². The number of hydrogen-bond acceptors (Lipinski definition) is 3. The molecular weight excluding hydrogens is 288 g/mol. The van der Waals surface area contributed by atoms with Crippen molar-refractivity contribution in [3.05, 3.63) is 0 Å². The van der Waals surface area contributed by atoms with Crippen molar-refractivity contribution >= 4 is 5.97 Å². The molecule has 4 fully saturated rings. The Balaban J connectivity index is 1.61. The summed E-state index contributed by atoms with van der Waals surface area (Å²) in [7, 11) is 0. The van der Waals surface area contributed by atoms with Gasteiger partial charge in [0.25, 0.3) is 0 Å². The van der Waals surface area contributed by atoms with E-state index in [0.717, 1.165) is 44.4 Å². The number of carboxylic acid groups (broad SMARTS) is 1. The van der Waals surface area contributed by atoms with E-state index < -0.39 is 5.97 Å². The first kappa shape index (κ1) is 15.9. The van der Waals surface area contributed by atoms with Gasteiger partial charge in [-0.15, -0.1) is 0 Å². The minimum absolute atomic E-state index is 0.0304. The predicted molar refractivity (Wildman–Crippen MR) is 86.2 cm³/mol. The highest BCUT2D eigenvalue weighted by Gasteiger charge is 2.60. The Kier molecular flexibility index (Phi) is 3.61. The molecule has 4 saturated carbocycles. The van der Waals surface area contributed by atoms with Gasteiger partial charge < -0.3 is 15.0 Å². The van der Waals surface area contributed by atoms with E-state index in [2.05, 4.69) is 13.8 Å². The van der Waals surface area contributed by atoms with Gasteiger partial charge in [0.05, 0.1) is 6.10 Å². The quantitative estimate of drug-likeness (QED) is 0.808. The van der Waals surface area contributed by atoms with Crippen molar-refractivity contribution < 1.29 is 15.0 Å². The average molecular weight is 319 g/mol. The molecule has 0 heterocycles. The zero-order valence-corrected chi connectivity index (χ0v) is 14.6. The molecule has 0 aliphatic heterocycles. The van der Waals surface area contributed by atoms with Crippen LogP contribution in [0, 0.1) is 40.4 Å². The highest BCUT2D eigenvalue weighted by atomic mass is 16.4. The Labute approximate surface area is 139 Å². The van der Waals surface area contributed by atoms with Gasteiger partial charge in [0.2, 0.25) is 0 Å². The van der Waals surface area contributed by atoms with E-state index in [-0.39, 0.29) is 17.4 Å². The average Bonchev–Trinajstić information content (AvgIpc) is 2.85. The van der Waals surface area contributed by atoms with E-state index in [0.29, 0.717) is 23.2 Å². The molecule has 1 N–H and O–H groups in total. The molecule has 0 aromatic carbocycles. The molecular formula is C20H31O3-. The summed E-state index contributed by atoms with van der Waals surface area (Å²) in [6, 6.07) is 0. The first-order valence-corrected chi connectivity index (χ1v) is 9.75. The molecule has 0 aromatic rings.